The summed E-state index contributed by atoms with van der Waals surface area (Å²) in [6.07, 6.45) is 0. The molecule has 0 aliphatic heterocycles. The number of benzene rings is 1. The Kier molecular flexibility index (Phi) is 5.09. The Labute approximate surface area is 126 Å². The highest BCUT2D eigenvalue weighted by molar-refractivity contribution is 9.10. The van der Waals surface area contributed by atoms with Gasteiger partial charge in [-0.2, -0.15) is 0 Å². The molecule has 0 radical (unpaired) electrons. The van der Waals surface area contributed by atoms with Gasteiger partial charge in [0.25, 0.3) is 0 Å². The number of halogens is 2. The van der Waals surface area contributed by atoms with E-state index >= 15 is 0 Å². The molecule has 1 aromatic carbocycles. The van der Waals surface area contributed by atoms with Crippen molar-refractivity contribution in [2.75, 3.05) is 7.11 Å². The topological polar surface area (TPSA) is 34.1 Å². The van der Waals surface area contributed by atoms with E-state index in [1.807, 2.05) is 31.2 Å². The third-order valence-electron chi connectivity index (χ3n) is 3.04. The normalized spacial score (nSPS) is 12.2. The summed E-state index contributed by atoms with van der Waals surface area (Å²) < 4.78 is 19.4. The van der Waals surface area contributed by atoms with Gasteiger partial charge in [0.15, 0.2) is 11.6 Å². The van der Waals surface area contributed by atoms with E-state index in [9.17, 15) is 4.39 Å². The highest BCUT2D eigenvalue weighted by atomic mass is 79.9. The maximum absolute atomic E-state index is 13.7. The van der Waals surface area contributed by atoms with Crippen molar-refractivity contribution < 1.29 is 9.13 Å². The highest BCUT2D eigenvalue weighted by Crippen LogP contribution is 2.21. The lowest BCUT2D eigenvalue weighted by molar-refractivity contribution is 0.385. The second-order valence-electron chi connectivity index (χ2n) is 4.45. The number of nitrogens with one attached hydrogen (secondary N) is 1. The molecular weight excluding hydrogens is 323 g/mol. The van der Waals surface area contributed by atoms with Gasteiger partial charge in [-0.15, -0.1) is 0 Å². The van der Waals surface area contributed by atoms with Gasteiger partial charge in [0.2, 0.25) is 0 Å². The van der Waals surface area contributed by atoms with Crippen LogP contribution < -0.4 is 10.1 Å². The molecule has 1 atom stereocenters. The minimum atomic E-state index is -0.348. The number of nitrogens with zero attached hydrogens (tertiary/aromatic N) is 1. The van der Waals surface area contributed by atoms with Crippen molar-refractivity contribution in [3.63, 3.8) is 0 Å². The molecule has 1 N–H and O–H groups in total. The first-order valence-corrected chi connectivity index (χ1v) is 7.07. The molecule has 2 rings (SSSR count). The van der Waals surface area contributed by atoms with Crippen molar-refractivity contribution in [2.45, 2.75) is 19.5 Å². The quantitative estimate of drug-likeness (QED) is 0.841. The number of aromatic nitrogens is 1. The Morgan fingerprint density at radius 2 is 2.15 bits per heavy atom. The zero-order chi connectivity index (χ0) is 14.5. The maximum Gasteiger partial charge on any atom is 0.165 e. The Morgan fingerprint density at radius 3 is 2.80 bits per heavy atom. The molecule has 0 aliphatic carbocycles. The van der Waals surface area contributed by atoms with Gasteiger partial charge >= 0.3 is 0 Å². The predicted octanol–water partition coefficient (Wildman–Crippen LogP) is 3.84. The summed E-state index contributed by atoms with van der Waals surface area (Å²) in [6, 6.07) is 10.8. The van der Waals surface area contributed by atoms with Crippen LogP contribution in [0.4, 0.5) is 4.39 Å². The molecule has 106 valence electrons. The standard InChI is InChI=1S/C15H16BrFN2O/c1-10(11-6-7-14(20-2)13(17)8-11)18-9-12-4-3-5-15(16)19-12/h3-8,10,18H,9H2,1-2H3. The number of hydrogen-bond donors (Lipinski definition) is 1. The van der Waals surface area contributed by atoms with Crippen LogP contribution in [0.15, 0.2) is 41.0 Å². The van der Waals surface area contributed by atoms with Crippen LogP contribution in [0, 0.1) is 5.82 Å². The number of methoxy groups -OCH3 is 1. The Bertz CT molecular complexity index is 592. The molecule has 1 unspecified atom stereocenters. The van der Waals surface area contributed by atoms with Crippen molar-refractivity contribution in [1.29, 1.82) is 0 Å². The largest absolute Gasteiger partial charge is 0.494 e. The van der Waals surface area contributed by atoms with Crippen LogP contribution in [0.2, 0.25) is 0 Å². The molecule has 0 saturated carbocycles. The number of hydrogen-bond acceptors (Lipinski definition) is 3. The fourth-order valence-electron chi connectivity index (χ4n) is 1.88. The second kappa shape index (κ2) is 6.81. The minimum Gasteiger partial charge on any atom is -0.494 e. The Hall–Kier alpha value is -1.46. The lowest BCUT2D eigenvalue weighted by atomic mass is 10.1. The SMILES string of the molecule is COc1ccc(C(C)NCc2cccc(Br)n2)cc1F. The first kappa shape index (κ1) is 14.9. The molecule has 0 amide bonds. The molecule has 0 aliphatic rings. The van der Waals surface area contributed by atoms with Crippen molar-refractivity contribution in [1.82, 2.24) is 10.3 Å². The van der Waals surface area contributed by atoms with Crippen LogP contribution in [-0.4, -0.2) is 12.1 Å². The van der Waals surface area contributed by atoms with E-state index < -0.39 is 0 Å². The van der Waals surface area contributed by atoms with E-state index in [1.165, 1.54) is 13.2 Å². The second-order valence-corrected chi connectivity index (χ2v) is 5.26. The first-order chi connectivity index (χ1) is 9.60. The molecule has 1 heterocycles. The summed E-state index contributed by atoms with van der Waals surface area (Å²) in [5, 5.41) is 3.32. The average molecular weight is 339 g/mol. The summed E-state index contributed by atoms with van der Waals surface area (Å²) in [5.41, 5.74) is 1.80. The molecule has 0 bridgehead atoms. The van der Waals surface area contributed by atoms with Crippen LogP contribution in [-0.2, 0) is 6.54 Å². The fourth-order valence-corrected chi connectivity index (χ4v) is 2.26. The summed E-state index contributed by atoms with van der Waals surface area (Å²) in [4.78, 5) is 4.34. The molecule has 0 saturated heterocycles. The van der Waals surface area contributed by atoms with Crippen molar-refractivity contribution in [3.8, 4) is 5.75 Å². The van der Waals surface area contributed by atoms with Gasteiger partial charge in [-0.25, -0.2) is 9.37 Å². The predicted molar refractivity (Wildman–Crippen MR) is 80.1 cm³/mol. The van der Waals surface area contributed by atoms with Crippen LogP contribution in [0.5, 0.6) is 5.75 Å². The van der Waals surface area contributed by atoms with Crippen molar-refractivity contribution in [2.24, 2.45) is 0 Å². The number of ether oxygens (including phenoxy) is 1. The monoisotopic (exact) mass is 338 g/mol. The van der Waals surface area contributed by atoms with E-state index in [0.717, 1.165) is 15.9 Å². The van der Waals surface area contributed by atoms with E-state index in [2.05, 4.69) is 26.2 Å². The highest BCUT2D eigenvalue weighted by Gasteiger charge is 2.09. The van der Waals surface area contributed by atoms with Crippen LogP contribution in [0.25, 0.3) is 0 Å². The fraction of sp³-hybridized carbons (Fsp3) is 0.267. The zero-order valence-corrected chi connectivity index (χ0v) is 12.9. The molecule has 20 heavy (non-hydrogen) atoms. The first-order valence-electron chi connectivity index (χ1n) is 6.28. The molecule has 1 aromatic heterocycles. The molecule has 5 heteroatoms. The Balaban J connectivity index is 2.01. The van der Waals surface area contributed by atoms with Gasteiger partial charge in [0.1, 0.15) is 4.60 Å². The molecule has 0 spiro atoms. The molecule has 0 fully saturated rings. The van der Waals surface area contributed by atoms with E-state index in [4.69, 9.17) is 4.74 Å². The van der Waals surface area contributed by atoms with Crippen molar-refractivity contribution >= 4 is 15.9 Å². The lowest BCUT2D eigenvalue weighted by Gasteiger charge is -2.15. The van der Waals surface area contributed by atoms with E-state index in [0.29, 0.717) is 6.54 Å². The van der Waals surface area contributed by atoms with E-state index in [-0.39, 0.29) is 17.6 Å². The van der Waals surface area contributed by atoms with Gasteiger partial charge in [-0.3, -0.25) is 0 Å². The zero-order valence-electron chi connectivity index (χ0n) is 11.4. The van der Waals surface area contributed by atoms with Crippen molar-refractivity contribution in [3.05, 3.63) is 58.1 Å². The number of rotatable bonds is 5. The smallest absolute Gasteiger partial charge is 0.165 e. The summed E-state index contributed by atoms with van der Waals surface area (Å²) in [5.74, 6) is -0.0890. The third-order valence-corrected chi connectivity index (χ3v) is 3.48. The Morgan fingerprint density at radius 1 is 1.35 bits per heavy atom. The van der Waals surface area contributed by atoms with Gasteiger partial charge in [0, 0.05) is 12.6 Å². The van der Waals surface area contributed by atoms with Gasteiger partial charge in [-0.05, 0) is 52.7 Å². The summed E-state index contributed by atoms with van der Waals surface area (Å²) >= 11 is 3.34. The van der Waals surface area contributed by atoms with Crippen LogP contribution in [0.1, 0.15) is 24.2 Å². The maximum atomic E-state index is 13.7. The average Bonchev–Trinajstić information content (AvgIpc) is 2.44. The summed E-state index contributed by atoms with van der Waals surface area (Å²) in [6.45, 7) is 2.60. The van der Waals surface area contributed by atoms with Crippen LogP contribution in [0.3, 0.4) is 0 Å². The number of pyridine rings is 1. The summed E-state index contributed by atoms with van der Waals surface area (Å²) in [7, 11) is 1.46. The van der Waals surface area contributed by atoms with Crippen LogP contribution >= 0.6 is 15.9 Å². The van der Waals surface area contributed by atoms with Gasteiger partial charge < -0.3 is 10.1 Å². The van der Waals surface area contributed by atoms with Gasteiger partial charge in [0.05, 0.1) is 12.8 Å². The molecular formula is C15H16BrFN2O. The minimum absolute atomic E-state index is 0.0242. The third kappa shape index (κ3) is 3.77. The van der Waals surface area contributed by atoms with Gasteiger partial charge in [-0.1, -0.05) is 12.1 Å². The van der Waals surface area contributed by atoms with E-state index in [1.54, 1.807) is 6.07 Å². The molecule has 3 nitrogen and oxygen atoms in total. The lowest BCUT2D eigenvalue weighted by Crippen LogP contribution is -2.19. The molecule has 2 aromatic rings.